The molecule has 1 fully saturated rings. The van der Waals surface area contributed by atoms with Gasteiger partial charge in [-0.2, -0.15) is 13.2 Å². The molecule has 0 N–H and O–H groups in total. The van der Waals surface area contributed by atoms with Gasteiger partial charge in [-0.05, 0) is 12.1 Å². The van der Waals surface area contributed by atoms with Crippen molar-refractivity contribution in [2.75, 3.05) is 30.0 Å². The van der Waals surface area contributed by atoms with Crippen LogP contribution in [0, 0.1) is 0 Å². The van der Waals surface area contributed by atoms with Crippen LogP contribution in [0.25, 0.3) is 0 Å². The van der Waals surface area contributed by atoms with Gasteiger partial charge in [-0.3, -0.25) is 0 Å². The van der Waals surface area contributed by atoms with Gasteiger partial charge in [0.2, 0.25) is 0 Å². The van der Waals surface area contributed by atoms with Crippen LogP contribution < -0.4 is 4.90 Å². The first-order chi connectivity index (χ1) is 8.52. The summed E-state index contributed by atoms with van der Waals surface area (Å²) in [7, 11) is 0. The molecule has 2 heterocycles. The minimum Gasteiger partial charge on any atom is -0.377 e. The molecule has 0 spiro atoms. The topological polar surface area (TPSA) is 25.4 Å². The van der Waals surface area contributed by atoms with Crippen LogP contribution in [-0.4, -0.2) is 36.1 Å². The number of hydrogen-bond acceptors (Lipinski definition) is 3. The summed E-state index contributed by atoms with van der Waals surface area (Å²) in [6.45, 7) is 1.54. The summed E-state index contributed by atoms with van der Waals surface area (Å²) in [6, 6.07) is 2.07. The van der Waals surface area contributed by atoms with Crippen LogP contribution >= 0.6 is 15.9 Å². The van der Waals surface area contributed by atoms with Crippen molar-refractivity contribution in [2.45, 2.75) is 12.2 Å². The van der Waals surface area contributed by atoms with E-state index in [2.05, 4.69) is 20.9 Å². The Morgan fingerprint density at radius 2 is 2.28 bits per heavy atom. The number of anilines is 1. The van der Waals surface area contributed by atoms with E-state index in [-0.39, 0.29) is 6.04 Å². The Bertz CT molecular complexity index is 414. The second-order valence-electron chi connectivity index (χ2n) is 3.98. The minimum absolute atomic E-state index is 0.00901. The summed E-state index contributed by atoms with van der Waals surface area (Å²) in [5.41, 5.74) is -0.674. The molecule has 7 heteroatoms. The Labute approximate surface area is 111 Å². The SMILES string of the molecule is FC(F)(F)c1ccnc(N2CCOCC2CBr)c1. The number of nitrogens with zero attached hydrogens (tertiary/aromatic N) is 2. The Balaban J connectivity index is 2.27. The molecule has 0 aliphatic carbocycles. The van der Waals surface area contributed by atoms with Gasteiger partial charge in [0.05, 0.1) is 24.8 Å². The van der Waals surface area contributed by atoms with E-state index >= 15 is 0 Å². The number of hydrogen-bond donors (Lipinski definition) is 0. The van der Waals surface area contributed by atoms with Crippen LogP contribution in [0.3, 0.4) is 0 Å². The monoisotopic (exact) mass is 324 g/mol. The largest absolute Gasteiger partial charge is 0.416 e. The van der Waals surface area contributed by atoms with E-state index in [0.29, 0.717) is 30.9 Å². The quantitative estimate of drug-likeness (QED) is 0.782. The Morgan fingerprint density at radius 3 is 2.94 bits per heavy atom. The number of alkyl halides is 4. The molecule has 1 saturated heterocycles. The van der Waals surface area contributed by atoms with Crippen molar-refractivity contribution in [1.82, 2.24) is 4.98 Å². The maximum atomic E-state index is 12.6. The average molecular weight is 325 g/mol. The van der Waals surface area contributed by atoms with Gasteiger partial charge in [-0.1, -0.05) is 15.9 Å². The van der Waals surface area contributed by atoms with Crippen molar-refractivity contribution >= 4 is 21.7 Å². The lowest BCUT2D eigenvalue weighted by Crippen LogP contribution is -2.47. The van der Waals surface area contributed by atoms with E-state index in [1.165, 1.54) is 6.20 Å². The number of morpholine rings is 1. The lowest BCUT2D eigenvalue weighted by Gasteiger charge is -2.35. The van der Waals surface area contributed by atoms with Crippen molar-refractivity contribution in [3.8, 4) is 0 Å². The molecule has 1 atom stereocenters. The van der Waals surface area contributed by atoms with Gasteiger partial charge in [0.25, 0.3) is 0 Å². The van der Waals surface area contributed by atoms with Crippen molar-refractivity contribution in [2.24, 2.45) is 0 Å². The summed E-state index contributed by atoms with van der Waals surface area (Å²) in [5.74, 6) is 0.345. The van der Waals surface area contributed by atoms with Crippen molar-refractivity contribution in [3.05, 3.63) is 23.9 Å². The van der Waals surface area contributed by atoms with Gasteiger partial charge in [-0.15, -0.1) is 0 Å². The highest BCUT2D eigenvalue weighted by atomic mass is 79.9. The van der Waals surface area contributed by atoms with Gasteiger partial charge in [0.1, 0.15) is 5.82 Å². The molecule has 0 radical (unpaired) electrons. The minimum atomic E-state index is -4.34. The first-order valence-corrected chi connectivity index (χ1v) is 6.58. The third kappa shape index (κ3) is 2.95. The molecule has 3 nitrogen and oxygen atoms in total. The smallest absolute Gasteiger partial charge is 0.377 e. The van der Waals surface area contributed by atoms with Crippen molar-refractivity contribution < 1.29 is 17.9 Å². The summed E-state index contributed by atoms with van der Waals surface area (Å²) in [4.78, 5) is 5.87. The van der Waals surface area contributed by atoms with Crippen LogP contribution in [0.1, 0.15) is 5.56 Å². The molecular weight excluding hydrogens is 313 g/mol. The molecule has 18 heavy (non-hydrogen) atoms. The number of pyridine rings is 1. The molecule has 100 valence electrons. The number of ether oxygens (including phenoxy) is 1. The van der Waals surface area contributed by atoms with Crippen LogP contribution in [-0.2, 0) is 10.9 Å². The molecule has 0 amide bonds. The first-order valence-electron chi connectivity index (χ1n) is 5.46. The second kappa shape index (κ2) is 5.44. The average Bonchev–Trinajstić information content (AvgIpc) is 2.38. The zero-order valence-corrected chi connectivity index (χ0v) is 11.0. The number of halogens is 4. The lowest BCUT2D eigenvalue weighted by atomic mass is 10.2. The summed E-state index contributed by atoms with van der Waals surface area (Å²) >= 11 is 3.33. The fourth-order valence-electron chi connectivity index (χ4n) is 1.84. The number of aromatic nitrogens is 1. The lowest BCUT2D eigenvalue weighted by molar-refractivity contribution is -0.137. The first kappa shape index (κ1) is 13.6. The second-order valence-corrected chi connectivity index (χ2v) is 4.62. The highest BCUT2D eigenvalue weighted by Gasteiger charge is 2.32. The Morgan fingerprint density at radius 1 is 1.50 bits per heavy atom. The van der Waals surface area contributed by atoms with Gasteiger partial charge < -0.3 is 9.64 Å². The van der Waals surface area contributed by atoms with E-state index in [1.807, 2.05) is 4.90 Å². The standard InChI is InChI=1S/C11H12BrF3N2O/c12-6-9-7-18-4-3-17(9)10-5-8(1-2-16-10)11(13,14)15/h1-2,5,9H,3-4,6-7H2. The van der Waals surface area contributed by atoms with E-state index in [9.17, 15) is 13.2 Å². The summed E-state index contributed by atoms with van der Waals surface area (Å²) in [5, 5.41) is 0.630. The Kier molecular flexibility index (Phi) is 4.11. The Hall–Kier alpha value is -0.820. The van der Waals surface area contributed by atoms with Crippen molar-refractivity contribution in [1.29, 1.82) is 0 Å². The summed E-state index contributed by atoms with van der Waals surface area (Å²) < 4.78 is 43.2. The molecule has 0 bridgehead atoms. The van der Waals surface area contributed by atoms with E-state index in [4.69, 9.17) is 4.74 Å². The van der Waals surface area contributed by atoms with Gasteiger partial charge in [0.15, 0.2) is 0 Å². The van der Waals surface area contributed by atoms with Gasteiger partial charge in [-0.25, -0.2) is 4.98 Å². The molecule has 1 aliphatic rings. The van der Waals surface area contributed by atoms with Gasteiger partial charge >= 0.3 is 6.18 Å². The fraction of sp³-hybridized carbons (Fsp3) is 0.545. The zero-order chi connectivity index (χ0) is 13.2. The number of rotatable bonds is 2. The maximum Gasteiger partial charge on any atom is 0.416 e. The van der Waals surface area contributed by atoms with Crippen molar-refractivity contribution in [3.63, 3.8) is 0 Å². The summed E-state index contributed by atoms with van der Waals surface area (Å²) in [6.07, 6.45) is -3.15. The van der Waals surface area contributed by atoms with Crippen LogP contribution in [0.15, 0.2) is 18.3 Å². The third-order valence-corrected chi connectivity index (χ3v) is 3.52. The molecule has 1 aromatic heterocycles. The van der Waals surface area contributed by atoms with Gasteiger partial charge in [0, 0.05) is 18.1 Å². The van der Waals surface area contributed by atoms with E-state index < -0.39 is 11.7 Å². The molecule has 1 aliphatic heterocycles. The van der Waals surface area contributed by atoms with Crippen LogP contribution in [0.2, 0.25) is 0 Å². The molecule has 0 aromatic carbocycles. The molecule has 2 rings (SSSR count). The van der Waals surface area contributed by atoms with E-state index in [1.54, 1.807) is 0 Å². The maximum absolute atomic E-state index is 12.6. The zero-order valence-electron chi connectivity index (χ0n) is 9.45. The normalized spacial score (nSPS) is 21.1. The predicted octanol–water partition coefficient (Wildman–Crippen LogP) is 2.70. The molecule has 0 saturated carbocycles. The molecule has 1 aromatic rings. The third-order valence-electron chi connectivity index (χ3n) is 2.77. The van der Waals surface area contributed by atoms with E-state index in [0.717, 1.165) is 12.1 Å². The molecule has 1 unspecified atom stereocenters. The predicted molar refractivity (Wildman–Crippen MR) is 65.0 cm³/mol. The highest BCUT2D eigenvalue weighted by molar-refractivity contribution is 9.09. The van der Waals surface area contributed by atoms with Crippen LogP contribution in [0.5, 0.6) is 0 Å². The van der Waals surface area contributed by atoms with Crippen LogP contribution in [0.4, 0.5) is 19.0 Å². The highest BCUT2D eigenvalue weighted by Crippen LogP contribution is 2.31. The fourth-order valence-corrected chi connectivity index (χ4v) is 2.37. The molecular formula is C11H12BrF3N2O.